The molecule has 0 amide bonds. The molecule has 0 aliphatic rings. The molecule has 1 unspecified atom stereocenters. The van der Waals surface area contributed by atoms with E-state index in [1.165, 1.54) is 16.5 Å². The third kappa shape index (κ3) is 2.59. The SMILES string of the molecule is Cc1cccc(CC(O)c2cccc3ccccc23)c1. The van der Waals surface area contributed by atoms with Gasteiger partial charge in [-0.2, -0.15) is 0 Å². The van der Waals surface area contributed by atoms with Gasteiger partial charge in [0.2, 0.25) is 0 Å². The maximum Gasteiger partial charge on any atom is 0.0836 e. The number of hydrogen-bond acceptors (Lipinski definition) is 1. The second kappa shape index (κ2) is 5.48. The predicted octanol–water partition coefficient (Wildman–Crippen LogP) is 4.42. The monoisotopic (exact) mass is 262 g/mol. The van der Waals surface area contributed by atoms with Crippen molar-refractivity contribution in [1.82, 2.24) is 0 Å². The Morgan fingerprint density at radius 3 is 2.50 bits per heavy atom. The number of benzene rings is 3. The van der Waals surface area contributed by atoms with Crippen LogP contribution in [0.3, 0.4) is 0 Å². The molecule has 3 aromatic rings. The van der Waals surface area contributed by atoms with Gasteiger partial charge in [0.1, 0.15) is 0 Å². The van der Waals surface area contributed by atoms with Crippen LogP contribution in [0.4, 0.5) is 0 Å². The molecule has 1 atom stereocenters. The van der Waals surface area contributed by atoms with Crippen molar-refractivity contribution in [2.75, 3.05) is 0 Å². The normalized spacial score (nSPS) is 12.5. The molecular formula is C19H18O. The van der Waals surface area contributed by atoms with Crippen LogP contribution >= 0.6 is 0 Å². The molecule has 0 aromatic heterocycles. The number of hydrogen-bond donors (Lipinski definition) is 1. The first kappa shape index (κ1) is 12.9. The molecular weight excluding hydrogens is 244 g/mol. The summed E-state index contributed by atoms with van der Waals surface area (Å²) in [5, 5.41) is 12.9. The molecule has 1 heteroatoms. The molecule has 0 heterocycles. The minimum atomic E-state index is -0.470. The van der Waals surface area contributed by atoms with Gasteiger partial charge in [-0.05, 0) is 28.8 Å². The van der Waals surface area contributed by atoms with Crippen molar-refractivity contribution in [3.63, 3.8) is 0 Å². The van der Waals surface area contributed by atoms with Crippen LogP contribution < -0.4 is 0 Å². The van der Waals surface area contributed by atoms with E-state index in [4.69, 9.17) is 0 Å². The Kier molecular flexibility index (Phi) is 3.53. The van der Waals surface area contributed by atoms with E-state index in [2.05, 4.69) is 43.3 Å². The number of aliphatic hydroxyl groups excluding tert-OH is 1. The maximum atomic E-state index is 10.6. The Balaban J connectivity index is 1.94. The van der Waals surface area contributed by atoms with E-state index in [-0.39, 0.29) is 0 Å². The van der Waals surface area contributed by atoms with E-state index in [1.54, 1.807) is 0 Å². The lowest BCUT2D eigenvalue weighted by molar-refractivity contribution is 0.180. The van der Waals surface area contributed by atoms with Gasteiger partial charge in [0, 0.05) is 6.42 Å². The van der Waals surface area contributed by atoms with Gasteiger partial charge in [-0.15, -0.1) is 0 Å². The lowest BCUT2D eigenvalue weighted by atomic mass is 9.96. The van der Waals surface area contributed by atoms with E-state index < -0.39 is 6.10 Å². The molecule has 0 aliphatic heterocycles. The summed E-state index contributed by atoms with van der Waals surface area (Å²) in [4.78, 5) is 0. The summed E-state index contributed by atoms with van der Waals surface area (Å²) in [5.74, 6) is 0. The fraction of sp³-hybridized carbons (Fsp3) is 0.158. The molecule has 0 saturated heterocycles. The molecule has 0 fully saturated rings. The van der Waals surface area contributed by atoms with Gasteiger partial charge in [-0.1, -0.05) is 72.3 Å². The van der Waals surface area contributed by atoms with Crippen molar-refractivity contribution in [2.45, 2.75) is 19.4 Å². The molecule has 0 bridgehead atoms. The van der Waals surface area contributed by atoms with E-state index in [0.717, 1.165) is 10.9 Å². The highest BCUT2D eigenvalue weighted by molar-refractivity contribution is 5.86. The van der Waals surface area contributed by atoms with Gasteiger partial charge in [-0.3, -0.25) is 0 Å². The van der Waals surface area contributed by atoms with Gasteiger partial charge >= 0.3 is 0 Å². The number of aliphatic hydroxyl groups is 1. The number of rotatable bonds is 3. The summed E-state index contributed by atoms with van der Waals surface area (Å²) >= 11 is 0. The van der Waals surface area contributed by atoms with Crippen LogP contribution in [0.2, 0.25) is 0 Å². The van der Waals surface area contributed by atoms with Gasteiger partial charge in [-0.25, -0.2) is 0 Å². The highest BCUT2D eigenvalue weighted by atomic mass is 16.3. The first-order valence-electron chi connectivity index (χ1n) is 6.95. The van der Waals surface area contributed by atoms with Crippen LogP contribution in [0, 0.1) is 6.92 Å². The fourth-order valence-corrected chi connectivity index (χ4v) is 2.71. The Labute approximate surface area is 119 Å². The van der Waals surface area contributed by atoms with Crippen molar-refractivity contribution in [3.8, 4) is 0 Å². The van der Waals surface area contributed by atoms with Crippen molar-refractivity contribution in [2.24, 2.45) is 0 Å². The molecule has 0 aliphatic carbocycles. The van der Waals surface area contributed by atoms with Crippen LogP contribution in [0.1, 0.15) is 22.8 Å². The van der Waals surface area contributed by atoms with Gasteiger partial charge in [0.15, 0.2) is 0 Å². The lowest BCUT2D eigenvalue weighted by Crippen LogP contribution is -2.02. The quantitative estimate of drug-likeness (QED) is 0.740. The zero-order chi connectivity index (χ0) is 13.9. The minimum absolute atomic E-state index is 0.470. The summed E-state index contributed by atoms with van der Waals surface area (Å²) in [6.45, 7) is 2.08. The van der Waals surface area contributed by atoms with E-state index in [0.29, 0.717) is 6.42 Å². The summed E-state index contributed by atoms with van der Waals surface area (Å²) in [6, 6.07) is 22.6. The summed E-state index contributed by atoms with van der Waals surface area (Å²) in [7, 11) is 0. The summed E-state index contributed by atoms with van der Waals surface area (Å²) < 4.78 is 0. The van der Waals surface area contributed by atoms with Gasteiger partial charge < -0.3 is 5.11 Å². The molecule has 0 saturated carbocycles. The molecule has 20 heavy (non-hydrogen) atoms. The average Bonchev–Trinajstić information content (AvgIpc) is 2.46. The standard InChI is InChI=1S/C19H18O/c1-14-6-4-7-15(12-14)13-19(20)18-11-5-9-16-8-2-3-10-17(16)18/h2-12,19-20H,13H2,1H3. The smallest absolute Gasteiger partial charge is 0.0836 e. The Hall–Kier alpha value is -2.12. The van der Waals surface area contributed by atoms with E-state index in [1.807, 2.05) is 30.3 Å². The summed E-state index contributed by atoms with van der Waals surface area (Å²) in [6.07, 6.45) is 0.179. The van der Waals surface area contributed by atoms with Crippen LogP contribution in [0.5, 0.6) is 0 Å². The molecule has 1 N–H and O–H groups in total. The first-order chi connectivity index (χ1) is 9.74. The third-order valence-corrected chi connectivity index (χ3v) is 3.69. The van der Waals surface area contributed by atoms with Crippen LogP contribution in [0.25, 0.3) is 10.8 Å². The second-order valence-corrected chi connectivity index (χ2v) is 5.28. The largest absolute Gasteiger partial charge is 0.388 e. The second-order valence-electron chi connectivity index (χ2n) is 5.28. The zero-order valence-corrected chi connectivity index (χ0v) is 11.6. The summed E-state index contributed by atoms with van der Waals surface area (Å²) in [5.41, 5.74) is 3.41. The highest BCUT2D eigenvalue weighted by Crippen LogP contribution is 2.26. The van der Waals surface area contributed by atoms with Crippen LogP contribution in [-0.2, 0) is 6.42 Å². The van der Waals surface area contributed by atoms with Crippen molar-refractivity contribution in [1.29, 1.82) is 0 Å². The molecule has 100 valence electrons. The molecule has 3 rings (SSSR count). The average molecular weight is 262 g/mol. The Morgan fingerprint density at radius 1 is 0.900 bits per heavy atom. The Bertz CT molecular complexity index is 725. The minimum Gasteiger partial charge on any atom is -0.388 e. The molecule has 0 spiro atoms. The Morgan fingerprint density at radius 2 is 1.65 bits per heavy atom. The predicted molar refractivity (Wildman–Crippen MR) is 83.8 cm³/mol. The van der Waals surface area contributed by atoms with Gasteiger partial charge in [0.05, 0.1) is 6.10 Å². The maximum absolute atomic E-state index is 10.6. The molecule has 0 radical (unpaired) electrons. The number of fused-ring (bicyclic) bond motifs is 1. The van der Waals surface area contributed by atoms with Crippen LogP contribution in [-0.4, -0.2) is 5.11 Å². The third-order valence-electron chi connectivity index (χ3n) is 3.69. The first-order valence-corrected chi connectivity index (χ1v) is 6.95. The fourth-order valence-electron chi connectivity index (χ4n) is 2.71. The molecule has 1 nitrogen and oxygen atoms in total. The lowest BCUT2D eigenvalue weighted by Gasteiger charge is -2.14. The van der Waals surface area contributed by atoms with Crippen LogP contribution in [0.15, 0.2) is 66.7 Å². The molecule has 3 aromatic carbocycles. The van der Waals surface area contributed by atoms with Gasteiger partial charge in [0.25, 0.3) is 0 Å². The number of aryl methyl sites for hydroxylation is 1. The van der Waals surface area contributed by atoms with E-state index >= 15 is 0 Å². The topological polar surface area (TPSA) is 20.2 Å². The van der Waals surface area contributed by atoms with Crippen molar-refractivity contribution < 1.29 is 5.11 Å². The van der Waals surface area contributed by atoms with Crippen molar-refractivity contribution >= 4 is 10.8 Å². The van der Waals surface area contributed by atoms with E-state index in [9.17, 15) is 5.11 Å². The zero-order valence-electron chi connectivity index (χ0n) is 11.6. The highest BCUT2D eigenvalue weighted by Gasteiger charge is 2.11. The van der Waals surface area contributed by atoms with Crippen molar-refractivity contribution in [3.05, 3.63) is 83.4 Å².